The van der Waals surface area contributed by atoms with Crippen molar-refractivity contribution in [2.24, 2.45) is 5.92 Å². The Morgan fingerprint density at radius 1 is 1.02 bits per heavy atom. The summed E-state index contributed by atoms with van der Waals surface area (Å²) in [5.41, 5.74) is 2.33. The Labute approximate surface area is 309 Å². The first-order valence-electron chi connectivity index (χ1n) is 17.8. The number of carbonyl (C=O) groups excluding carboxylic acids is 2. The van der Waals surface area contributed by atoms with Gasteiger partial charge in [-0.15, -0.1) is 0 Å². The second-order valence-corrected chi connectivity index (χ2v) is 15.2. The molecule has 2 aliphatic carbocycles. The number of likely N-dealkylation sites (N-methyl/N-ethyl adjacent to an activating group) is 1. The summed E-state index contributed by atoms with van der Waals surface area (Å²) in [6.45, 7) is 1.48. The van der Waals surface area contributed by atoms with E-state index in [2.05, 4.69) is 23.3 Å². The van der Waals surface area contributed by atoms with Crippen molar-refractivity contribution in [1.82, 2.24) is 10.2 Å². The lowest BCUT2D eigenvalue weighted by molar-refractivity contribution is -0.0453. The quantitative estimate of drug-likeness (QED) is 0.117. The van der Waals surface area contributed by atoms with Gasteiger partial charge in [-0.3, -0.25) is 4.79 Å². The van der Waals surface area contributed by atoms with Crippen molar-refractivity contribution < 1.29 is 43.9 Å². The van der Waals surface area contributed by atoms with Crippen LogP contribution >= 0.6 is 11.6 Å². The lowest BCUT2D eigenvalue weighted by atomic mass is 9.53. The number of nitrogens with one attached hydrogen (secondary N) is 1. The van der Waals surface area contributed by atoms with Crippen LogP contribution in [0.2, 0.25) is 5.02 Å². The fraction of sp³-hybridized carbons (Fsp3) is 0.317. The topological polar surface area (TPSA) is 147 Å². The number of nitrogens with zero attached hydrogens (tertiary/aromatic N) is 1. The Kier molecular flexibility index (Phi) is 6.96. The van der Waals surface area contributed by atoms with E-state index in [4.69, 9.17) is 30.5 Å². The highest BCUT2D eigenvalue weighted by Crippen LogP contribution is 2.64. The summed E-state index contributed by atoms with van der Waals surface area (Å²) < 4.78 is 25.0. The summed E-state index contributed by atoms with van der Waals surface area (Å²) in [5.74, 6) is 0.905. The number of halogens is 1. The van der Waals surface area contributed by atoms with Crippen LogP contribution in [0.4, 0.5) is 0 Å². The standard InChI is InChI=1S/C41H35ClN2O9/c1-44-13-11-40-25-9-10-31(47)37(40)52-36-34(19-29(42)24(35(36)40)18-30(25)44)50-14-2-12-43-38(48)20-3-6-23-28(15-20)41(53-39(23)49)26-7-4-21(45)16-32(26)51-33-17-22(46)5-8-27(33)41/h3-10,15-17,19,25,30-31,37,45-47H,2,11-14,18H2,1H3,(H,43,48)/t25-,30+,31-,37-,40-/m0/s1. The number of phenols is 2. The van der Waals surface area contributed by atoms with Gasteiger partial charge in [0.2, 0.25) is 0 Å². The molecule has 4 N–H and O–H groups in total. The summed E-state index contributed by atoms with van der Waals surface area (Å²) >= 11 is 6.93. The van der Waals surface area contributed by atoms with Gasteiger partial charge in [-0.25, -0.2) is 4.79 Å². The molecule has 12 heteroatoms. The predicted octanol–water partition coefficient (Wildman–Crippen LogP) is 5.32. The first-order chi connectivity index (χ1) is 25.6. The molecule has 1 saturated heterocycles. The maximum Gasteiger partial charge on any atom is 0.340 e. The van der Waals surface area contributed by atoms with Crippen molar-refractivity contribution in [2.75, 3.05) is 26.7 Å². The van der Waals surface area contributed by atoms with Crippen molar-refractivity contribution >= 4 is 23.5 Å². The molecule has 0 unspecified atom stereocenters. The highest BCUT2D eigenvalue weighted by atomic mass is 35.5. The third kappa shape index (κ3) is 4.41. The number of aliphatic hydroxyl groups excluding tert-OH is 1. The van der Waals surface area contributed by atoms with Crippen molar-refractivity contribution in [3.8, 4) is 34.5 Å². The van der Waals surface area contributed by atoms with E-state index in [0.717, 1.165) is 30.5 Å². The maximum atomic E-state index is 13.5. The van der Waals surface area contributed by atoms with Gasteiger partial charge < -0.3 is 44.5 Å². The molecule has 0 saturated carbocycles. The van der Waals surface area contributed by atoms with Gasteiger partial charge in [0.1, 0.15) is 35.2 Å². The summed E-state index contributed by atoms with van der Waals surface area (Å²) in [5, 5.41) is 35.1. The minimum absolute atomic E-state index is 0.0480. The van der Waals surface area contributed by atoms with E-state index < -0.39 is 23.8 Å². The van der Waals surface area contributed by atoms with Gasteiger partial charge in [-0.05, 0) is 80.9 Å². The molecule has 4 heterocycles. The second-order valence-electron chi connectivity index (χ2n) is 14.8. The molecular weight excluding hydrogens is 700 g/mol. The van der Waals surface area contributed by atoms with E-state index in [-0.39, 0.29) is 52.9 Å². The normalized spacial score (nSPS) is 26.1. The summed E-state index contributed by atoms with van der Waals surface area (Å²) in [4.78, 5) is 29.2. The van der Waals surface area contributed by atoms with Crippen LogP contribution in [0.25, 0.3) is 0 Å². The van der Waals surface area contributed by atoms with Crippen LogP contribution in [0.1, 0.15) is 61.4 Å². The number of aromatic hydroxyl groups is 2. The molecule has 270 valence electrons. The van der Waals surface area contributed by atoms with E-state index in [1.54, 1.807) is 30.3 Å². The van der Waals surface area contributed by atoms with Crippen LogP contribution in [0, 0.1) is 5.92 Å². The molecule has 4 aromatic rings. The SMILES string of the molecule is CN1CC[C@]23c4c5c(Cl)cc(OCCCNC(=O)c6ccc7c(c6)C6(OC7=O)c7ccc(O)cc7Oc7cc(O)ccc76)c4O[C@H]2[C@@H](O)C=C[C@H]3[C@H]1C5. The number of phenolic OH excluding ortho intramolecular Hbond substituents is 2. The number of rotatable bonds is 6. The maximum absolute atomic E-state index is 13.5. The second kappa shape index (κ2) is 11.4. The average molecular weight is 735 g/mol. The molecule has 11 nitrogen and oxygen atoms in total. The van der Waals surface area contributed by atoms with E-state index in [9.17, 15) is 24.9 Å². The number of ether oxygens (including phenoxy) is 4. The van der Waals surface area contributed by atoms with Gasteiger partial charge >= 0.3 is 5.97 Å². The molecule has 1 amide bonds. The zero-order valence-corrected chi connectivity index (χ0v) is 29.4. The number of fused-ring (bicyclic) bond motifs is 6. The summed E-state index contributed by atoms with van der Waals surface area (Å²) in [6.07, 6.45) is 5.03. The molecular formula is C41H35ClN2O9. The third-order valence-electron chi connectivity index (χ3n) is 12.1. The zero-order chi connectivity index (χ0) is 36.4. The molecule has 6 aliphatic rings. The number of aliphatic hydroxyl groups is 1. The number of amides is 1. The molecule has 53 heavy (non-hydrogen) atoms. The van der Waals surface area contributed by atoms with Gasteiger partial charge in [-0.2, -0.15) is 0 Å². The molecule has 0 radical (unpaired) electrons. The number of hydrogen-bond donors (Lipinski definition) is 4. The fourth-order valence-corrected chi connectivity index (χ4v) is 10.0. The van der Waals surface area contributed by atoms with Crippen LogP contribution in [0.3, 0.4) is 0 Å². The molecule has 0 aromatic heterocycles. The van der Waals surface area contributed by atoms with Gasteiger partial charge in [0.15, 0.2) is 17.1 Å². The minimum Gasteiger partial charge on any atom is -0.508 e. The monoisotopic (exact) mass is 734 g/mol. The minimum atomic E-state index is -1.47. The number of hydrogen-bond acceptors (Lipinski definition) is 10. The summed E-state index contributed by atoms with van der Waals surface area (Å²) in [7, 11) is 2.15. The Balaban J connectivity index is 0.879. The molecule has 10 rings (SSSR count). The molecule has 4 aromatic carbocycles. The molecule has 4 aliphatic heterocycles. The molecule has 1 fully saturated rings. The highest BCUT2D eigenvalue weighted by Gasteiger charge is 2.64. The predicted molar refractivity (Wildman–Crippen MR) is 191 cm³/mol. The fourth-order valence-electron chi connectivity index (χ4n) is 9.77. The number of piperidine rings is 1. The van der Waals surface area contributed by atoms with Crippen molar-refractivity contribution in [3.63, 3.8) is 0 Å². The van der Waals surface area contributed by atoms with Crippen molar-refractivity contribution in [3.05, 3.63) is 117 Å². The van der Waals surface area contributed by atoms with Crippen LogP contribution in [-0.2, 0) is 22.2 Å². The van der Waals surface area contributed by atoms with E-state index in [1.807, 2.05) is 12.1 Å². The Hall–Kier alpha value is -5.23. The number of likely N-dealkylation sites (tertiary alicyclic amines) is 1. The first-order valence-corrected chi connectivity index (χ1v) is 18.2. The smallest absolute Gasteiger partial charge is 0.340 e. The lowest BCUT2D eigenvalue weighted by Crippen LogP contribution is -2.64. The average Bonchev–Trinajstić information content (AvgIpc) is 3.63. The Morgan fingerprint density at radius 3 is 2.53 bits per heavy atom. The Bertz CT molecular complexity index is 2260. The summed E-state index contributed by atoms with van der Waals surface area (Å²) in [6, 6.07) is 15.9. The first kappa shape index (κ1) is 32.4. The number of benzene rings is 4. The number of carbonyl (C=O) groups is 2. The van der Waals surface area contributed by atoms with Crippen LogP contribution in [-0.4, -0.2) is 77.1 Å². The van der Waals surface area contributed by atoms with Crippen LogP contribution < -0.4 is 19.5 Å². The van der Waals surface area contributed by atoms with Gasteiger partial charge in [0.05, 0.1) is 12.2 Å². The zero-order valence-electron chi connectivity index (χ0n) is 28.6. The van der Waals surface area contributed by atoms with Crippen molar-refractivity contribution in [2.45, 2.75) is 48.5 Å². The van der Waals surface area contributed by atoms with E-state index in [1.165, 1.54) is 24.3 Å². The van der Waals surface area contributed by atoms with Gasteiger partial charge in [0.25, 0.3) is 5.91 Å². The van der Waals surface area contributed by atoms with Gasteiger partial charge in [-0.1, -0.05) is 23.8 Å². The molecule has 5 atom stereocenters. The lowest BCUT2D eigenvalue weighted by Gasteiger charge is -2.56. The third-order valence-corrected chi connectivity index (χ3v) is 12.4. The van der Waals surface area contributed by atoms with Gasteiger partial charge in [0, 0.05) is 75.0 Å². The van der Waals surface area contributed by atoms with E-state index in [0.29, 0.717) is 57.3 Å². The Morgan fingerprint density at radius 2 is 1.77 bits per heavy atom. The van der Waals surface area contributed by atoms with Crippen LogP contribution in [0.15, 0.2) is 72.8 Å². The van der Waals surface area contributed by atoms with E-state index >= 15 is 0 Å². The van der Waals surface area contributed by atoms with Crippen molar-refractivity contribution in [1.29, 1.82) is 0 Å². The molecule has 2 bridgehead atoms. The largest absolute Gasteiger partial charge is 0.508 e. The number of esters is 1. The van der Waals surface area contributed by atoms with Crippen LogP contribution in [0.5, 0.6) is 34.5 Å². The molecule has 2 spiro atoms. The highest BCUT2D eigenvalue weighted by molar-refractivity contribution is 6.31.